The van der Waals surface area contributed by atoms with Crippen molar-refractivity contribution >= 4 is 44.8 Å². The maximum Gasteiger partial charge on any atom is 0.143 e. The van der Waals surface area contributed by atoms with Gasteiger partial charge in [-0.05, 0) is 55.3 Å². The summed E-state index contributed by atoms with van der Waals surface area (Å²) >= 11 is 1.69. The number of hydrogen-bond donors (Lipinski definition) is 0. The van der Waals surface area contributed by atoms with E-state index < -0.39 is 19.8 Å². The minimum absolute atomic E-state index is 0. The van der Waals surface area contributed by atoms with Gasteiger partial charge in [-0.15, -0.1) is 59.7 Å². The van der Waals surface area contributed by atoms with Crippen LogP contribution in [0.3, 0.4) is 0 Å². The summed E-state index contributed by atoms with van der Waals surface area (Å²) in [5.74, 6) is -1.46. The number of halogens is 1. The number of pyridine rings is 2. The second-order valence-electron chi connectivity index (χ2n) is 12.3. The molecule has 0 fully saturated rings. The number of hydrogen-bond acceptors (Lipinski definition) is 3. The van der Waals surface area contributed by atoms with E-state index in [1.807, 2.05) is 36.4 Å². The number of rotatable bonds is 5. The Labute approximate surface area is 291 Å². The molecule has 6 heteroatoms. The molecule has 2 nitrogen and oxygen atoms in total. The van der Waals surface area contributed by atoms with Crippen LogP contribution >= 0.6 is 11.3 Å². The van der Waals surface area contributed by atoms with Crippen LogP contribution in [0.4, 0.5) is 4.39 Å². The predicted octanol–water partition coefficient (Wildman–Crippen LogP) is 10.9. The Kier molecular flexibility index (Phi) is 10.0. The molecule has 233 valence electrons. The molecule has 0 aliphatic carbocycles. The molecule has 1 radical (unpaired) electrons. The molecular weight excluding hydrogens is 780 g/mol. The van der Waals surface area contributed by atoms with Crippen molar-refractivity contribution in [1.82, 2.24) is 9.97 Å². The Bertz CT molecular complexity index is 2140. The van der Waals surface area contributed by atoms with Crippen LogP contribution in [0, 0.1) is 17.9 Å². The van der Waals surface area contributed by atoms with E-state index in [0.29, 0.717) is 11.3 Å². The molecule has 7 aromatic rings. The Morgan fingerprint density at radius 1 is 0.783 bits per heavy atom. The van der Waals surface area contributed by atoms with Gasteiger partial charge in [-0.2, -0.15) is 11.3 Å². The van der Waals surface area contributed by atoms with Gasteiger partial charge >= 0.3 is 0 Å². The Morgan fingerprint density at radius 3 is 2.22 bits per heavy atom. The summed E-state index contributed by atoms with van der Waals surface area (Å²) in [5, 5.41) is 3.76. The first-order valence-corrected chi connectivity index (χ1v) is 19.3. The van der Waals surface area contributed by atoms with Crippen LogP contribution < -0.4 is 5.19 Å². The largest absolute Gasteiger partial charge is 0.305 e. The van der Waals surface area contributed by atoms with Crippen LogP contribution in [0.1, 0.15) is 26.7 Å². The second-order valence-corrected chi connectivity index (χ2v) is 18.3. The number of aromatic nitrogens is 2. The van der Waals surface area contributed by atoms with E-state index in [0.717, 1.165) is 26.9 Å². The minimum atomic E-state index is -1.46. The summed E-state index contributed by atoms with van der Waals surface area (Å²) in [4.78, 5) is 8.97. The zero-order valence-corrected chi connectivity index (χ0v) is 30.7. The van der Waals surface area contributed by atoms with Crippen molar-refractivity contribution in [3.05, 3.63) is 139 Å². The van der Waals surface area contributed by atoms with E-state index in [1.165, 1.54) is 32.6 Å². The fourth-order valence-corrected chi connectivity index (χ4v) is 8.13. The zero-order valence-electron chi connectivity index (χ0n) is 27.5. The number of thiophene rings is 1. The first-order valence-electron chi connectivity index (χ1n) is 15.5. The van der Waals surface area contributed by atoms with Gasteiger partial charge in [0.25, 0.3) is 0 Å². The van der Waals surface area contributed by atoms with Crippen molar-refractivity contribution in [3.8, 4) is 33.6 Å². The molecule has 7 rings (SSSR count). The van der Waals surface area contributed by atoms with E-state index in [1.54, 1.807) is 31.3 Å². The van der Waals surface area contributed by atoms with Gasteiger partial charge in [0.2, 0.25) is 0 Å². The summed E-state index contributed by atoms with van der Waals surface area (Å²) in [6.07, 6.45) is 3.28. The smallest absolute Gasteiger partial charge is 0.143 e. The van der Waals surface area contributed by atoms with Gasteiger partial charge in [-0.1, -0.05) is 99.5 Å². The van der Waals surface area contributed by atoms with Crippen molar-refractivity contribution in [1.29, 1.82) is 0 Å². The third-order valence-corrected chi connectivity index (χ3v) is 11.0. The van der Waals surface area contributed by atoms with Gasteiger partial charge < -0.3 is 9.97 Å². The first kappa shape index (κ1) is 32.1. The van der Waals surface area contributed by atoms with E-state index in [9.17, 15) is 4.39 Å². The molecule has 0 atom stereocenters. The van der Waals surface area contributed by atoms with Crippen molar-refractivity contribution in [2.45, 2.75) is 39.4 Å². The Morgan fingerprint density at radius 2 is 1.50 bits per heavy atom. The van der Waals surface area contributed by atoms with Crippen molar-refractivity contribution in [2.24, 2.45) is 0 Å². The molecule has 0 aliphatic heterocycles. The normalized spacial score (nSPS) is 11.8. The SMILES string of the molecule is C[Si](C)(C)c1cnc(-c2[c-]cccc2)cc1-c1ccccc1.[2H]C(C)(C)c1cc(-c2[c-]ccc3c2sc2ccccc23)ncc1F.[Ir]. The molecule has 3 heterocycles. The summed E-state index contributed by atoms with van der Waals surface area (Å²) in [6, 6.07) is 41.2. The van der Waals surface area contributed by atoms with Crippen molar-refractivity contribution in [3.63, 3.8) is 0 Å². The average Bonchev–Trinajstić information content (AvgIpc) is 3.44. The number of nitrogens with zero attached hydrogens (tertiary/aromatic N) is 2. The summed E-state index contributed by atoms with van der Waals surface area (Å²) in [6.45, 7) is 10.5. The number of fused-ring (bicyclic) bond motifs is 3. The topological polar surface area (TPSA) is 25.8 Å². The van der Waals surface area contributed by atoms with E-state index in [-0.39, 0.29) is 20.1 Å². The van der Waals surface area contributed by atoms with Gasteiger partial charge in [0.05, 0.1) is 14.3 Å². The van der Waals surface area contributed by atoms with Gasteiger partial charge in [-0.25, -0.2) is 4.39 Å². The standard InChI is InChI=1S/C20H15FNS.C20H20NSi.Ir/c1-12(2)16-10-18(22-11-17(16)21)15-8-5-7-14-13-6-3-4-9-19(13)23-20(14)15;1-22(2,3)20-15-21-19(17-12-8-5-9-13-17)14-18(20)16-10-6-4-7-11-16;/h3-7,9-12H,1-2H3;4-12,14-15H,1-3H3;/q2*-1;/i12D;;. The van der Waals surface area contributed by atoms with Gasteiger partial charge in [0.1, 0.15) is 5.82 Å². The molecule has 0 unspecified atom stereocenters. The van der Waals surface area contributed by atoms with E-state index in [2.05, 4.69) is 104 Å². The molecule has 0 saturated carbocycles. The molecule has 0 N–H and O–H groups in total. The maximum absolute atomic E-state index is 14.1. The third kappa shape index (κ3) is 7.11. The van der Waals surface area contributed by atoms with Gasteiger partial charge in [-0.3, -0.25) is 0 Å². The predicted molar refractivity (Wildman–Crippen MR) is 192 cm³/mol. The molecule has 0 bridgehead atoms. The van der Waals surface area contributed by atoms with E-state index >= 15 is 0 Å². The monoisotopic (exact) mass is 816 g/mol. The Balaban J connectivity index is 0.000000181. The van der Waals surface area contributed by atoms with E-state index in [4.69, 9.17) is 6.35 Å². The van der Waals surface area contributed by atoms with Crippen LogP contribution in [-0.4, -0.2) is 18.0 Å². The van der Waals surface area contributed by atoms with Gasteiger partial charge in [0.15, 0.2) is 0 Å². The van der Waals surface area contributed by atoms with Crippen LogP contribution in [-0.2, 0) is 20.1 Å². The maximum atomic E-state index is 14.1. The molecule has 46 heavy (non-hydrogen) atoms. The quantitative estimate of drug-likeness (QED) is 0.128. The summed E-state index contributed by atoms with van der Waals surface area (Å²) < 4.78 is 24.5. The summed E-state index contributed by atoms with van der Waals surface area (Å²) in [7, 11) is -1.46. The second kappa shape index (κ2) is 14.3. The van der Waals surface area contributed by atoms with Crippen molar-refractivity contribution in [2.75, 3.05) is 0 Å². The summed E-state index contributed by atoms with van der Waals surface area (Å²) in [5.41, 5.74) is 6.46. The average molecular weight is 816 g/mol. The third-order valence-electron chi connectivity index (χ3n) is 7.77. The molecule has 0 spiro atoms. The number of benzene rings is 4. The Hall–Kier alpha value is -3.80. The molecule has 0 saturated heterocycles. The molecule has 4 aromatic carbocycles. The minimum Gasteiger partial charge on any atom is -0.305 e. The molecule has 0 amide bonds. The fraction of sp³-hybridized carbons (Fsp3) is 0.150. The molecular formula is C40H35FIrN2SSi-2. The van der Waals surface area contributed by atoms with Crippen LogP contribution in [0.15, 0.2) is 116 Å². The molecule has 0 aliphatic rings. The van der Waals surface area contributed by atoms with Crippen molar-refractivity contribution < 1.29 is 25.9 Å². The first-order chi connectivity index (χ1) is 22.0. The fourth-order valence-electron chi connectivity index (χ4n) is 5.45. The van der Waals surface area contributed by atoms with Crippen LogP contribution in [0.5, 0.6) is 0 Å². The van der Waals surface area contributed by atoms with Crippen LogP contribution in [0.25, 0.3) is 53.8 Å². The van der Waals surface area contributed by atoms with Crippen LogP contribution in [0.2, 0.25) is 19.6 Å². The molecule has 3 aromatic heterocycles. The zero-order chi connectivity index (χ0) is 32.5. The van der Waals surface area contributed by atoms with Gasteiger partial charge in [0, 0.05) is 32.4 Å².